The lowest BCUT2D eigenvalue weighted by atomic mass is 10.1. The van der Waals surface area contributed by atoms with Gasteiger partial charge in [-0.05, 0) is 30.7 Å². The van der Waals surface area contributed by atoms with E-state index in [4.69, 9.17) is 16.3 Å². The van der Waals surface area contributed by atoms with Crippen molar-refractivity contribution in [3.63, 3.8) is 0 Å². The minimum Gasteiger partial charge on any atom is -0.494 e. The Labute approximate surface area is 95.2 Å². The highest BCUT2D eigenvalue weighted by Gasteiger charge is 2.04. The van der Waals surface area contributed by atoms with Gasteiger partial charge < -0.3 is 4.74 Å². The van der Waals surface area contributed by atoms with Gasteiger partial charge >= 0.3 is 0 Å². The van der Waals surface area contributed by atoms with Crippen molar-refractivity contribution in [2.45, 2.75) is 19.8 Å². The molecule has 0 N–H and O–H groups in total. The van der Waals surface area contributed by atoms with Crippen molar-refractivity contribution in [1.29, 1.82) is 0 Å². The summed E-state index contributed by atoms with van der Waals surface area (Å²) in [6.45, 7) is 2.76. The Morgan fingerprint density at radius 1 is 1.33 bits per heavy atom. The Morgan fingerprint density at radius 2 is 2.00 bits per heavy atom. The molecule has 2 nitrogen and oxygen atoms in total. The second-order valence-electron chi connectivity index (χ2n) is 3.23. The average Bonchev–Trinajstić information content (AvgIpc) is 2.27. The van der Waals surface area contributed by atoms with Crippen molar-refractivity contribution >= 4 is 17.4 Å². The van der Waals surface area contributed by atoms with Crippen molar-refractivity contribution in [3.8, 4) is 5.75 Å². The van der Waals surface area contributed by atoms with Gasteiger partial charge in [0.1, 0.15) is 5.75 Å². The molecular formula is C12H15ClO2. The molecule has 0 radical (unpaired) electrons. The Bertz CT molecular complexity index is 306. The summed E-state index contributed by atoms with van der Waals surface area (Å²) < 4.78 is 5.41. The van der Waals surface area contributed by atoms with Crippen LogP contribution in [0.2, 0.25) is 0 Å². The zero-order valence-electron chi connectivity index (χ0n) is 8.83. The van der Waals surface area contributed by atoms with E-state index >= 15 is 0 Å². The van der Waals surface area contributed by atoms with E-state index in [1.54, 1.807) is 12.1 Å². The number of hydrogen-bond donors (Lipinski definition) is 0. The number of carbonyl (C=O) groups excluding carboxylic acids is 1. The smallest absolute Gasteiger partial charge is 0.164 e. The molecule has 0 saturated carbocycles. The predicted octanol–water partition coefficient (Wildman–Crippen LogP) is 3.29. The molecule has 1 rings (SSSR count). The van der Waals surface area contributed by atoms with Crippen molar-refractivity contribution in [1.82, 2.24) is 0 Å². The van der Waals surface area contributed by atoms with Crippen LogP contribution in [0.25, 0.3) is 0 Å². The zero-order valence-corrected chi connectivity index (χ0v) is 9.59. The van der Waals surface area contributed by atoms with Crippen LogP contribution in [0.4, 0.5) is 0 Å². The van der Waals surface area contributed by atoms with Crippen LogP contribution in [-0.2, 0) is 0 Å². The summed E-state index contributed by atoms with van der Waals surface area (Å²) >= 11 is 5.50. The lowest BCUT2D eigenvalue weighted by molar-refractivity contribution is 0.0989. The highest BCUT2D eigenvalue weighted by Crippen LogP contribution is 2.13. The maximum Gasteiger partial charge on any atom is 0.164 e. The highest BCUT2D eigenvalue weighted by atomic mass is 35.5. The summed E-state index contributed by atoms with van der Waals surface area (Å²) in [7, 11) is 0. The van der Waals surface area contributed by atoms with Crippen LogP contribution >= 0.6 is 11.6 Å². The molecule has 0 atom stereocenters. The van der Waals surface area contributed by atoms with Crippen LogP contribution in [0.15, 0.2) is 24.3 Å². The van der Waals surface area contributed by atoms with Gasteiger partial charge in [0, 0.05) is 17.9 Å². The van der Waals surface area contributed by atoms with Crippen LogP contribution in [0.1, 0.15) is 30.1 Å². The van der Waals surface area contributed by atoms with E-state index < -0.39 is 0 Å². The molecule has 0 heterocycles. The summed E-state index contributed by atoms with van der Waals surface area (Å²) in [5.41, 5.74) is 0.694. The third-order valence-electron chi connectivity index (χ3n) is 1.97. The molecule has 1 aromatic rings. The number of ether oxygens (including phenoxy) is 1. The van der Waals surface area contributed by atoms with E-state index in [0.29, 0.717) is 24.5 Å². The minimum atomic E-state index is 0.0760. The first-order chi connectivity index (χ1) is 7.27. The average molecular weight is 227 g/mol. The number of alkyl halides is 1. The molecule has 1 aromatic carbocycles. The fourth-order valence-electron chi connectivity index (χ4n) is 1.19. The van der Waals surface area contributed by atoms with Crippen molar-refractivity contribution in [3.05, 3.63) is 29.8 Å². The molecular weight excluding hydrogens is 212 g/mol. The molecule has 0 spiro atoms. The highest BCUT2D eigenvalue weighted by molar-refractivity contribution is 6.19. The fourth-order valence-corrected chi connectivity index (χ4v) is 1.36. The van der Waals surface area contributed by atoms with Crippen molar-refractivity contribution < 1.29 is 9.53 Å². The number of rotatable bonds is 6. The largest absolute Gasteiger partial charge is 0.494 e. The van der Waals surface area contributed by atoms with E-state index in [-0.39, 0.29) is 5.78 Å². The van der Waals surface area contributed by atoms with Gasteiger partial charge in [0.2, 0.25) is 0 Å². The lowest BCUT2D eigenvalue weighted by Crippen LogP contribution is -2.00. The molecule has 0 amide bonds. The van der Waals surface area contributed by atoms with Crippen LogP contribution < -0.4 is 4.74 Å². The first-order valence-corrected chi connectivity index (χ1v) is 5.63. The maximum absolute atomic E-state index is 11.4. The van der Waals surface area contributed by atoms with Gasteiger partial charge in [-0.2, -0.15) is 0 Å². The molecule has 0 aliphatic carbocycles. The van der Waals surface area contributed by atoms with Gasteiger partial charge in [-0.15, -0.1) is 11.6 Å². The summed E-state index contributed by atoms with van der Waals surface area (Å²) in [4.78, 5) is 11.4. The molecule has 0 aliphatic heterocycles. The molecule has 82 valence electrons. The standard InChI is InChI=1S/C12H15ClO2/c1-2-9-15-11-5-3-10(4-6-11)12(14)7-8-13/h3-6H,2,7-9H2,1H3. The van der Waals surface area contributed by atoms with Crippen LogP contribution in [0.5, 0.6) is 5.75 Å². The summed E-state index contributed by atoms with van der Waals surface area (Å²) in [6.07, 6.45) is 1.36. The Balaban J connectivity index is 2.59. The third-order valence-corrected chi connectivity index (χ3v) is 2.16. The first-order valence-electron chi connectivity index (χ1n) is 5.10. The topological polar surface area (TPSA) is 26.3 Å². The summed E-state index contributed by atoms with van der Waals surface area (Å²) in [5, 5.41) is 0. The Morgan fingerprint density at radius 3 is 2.53 bits per heavy atom. The molecule has 15 heavy (non-hydrogen) atoms. The van der Waals surface area contributed by atoms with Gasteiger partial charge in [0.15, 0.2) is 5.78 Å². The van der Waals surface area contributed by atoms with Gasteiger partial charge in [-0.1, -0.05) is 6.92 Å². The van der Waals surface area contributed by atoms with Gasteiger partial charge in [-0.25, -0.2) is 0 Å². The van der Waals surface area contributed by atoms with Crippen molar-refractivity contribution in [2.75, 3.05) is 12.5 Å². The number of halogens is 1. The molecule has 3 heteroatoms. The summed E-state index contributed by atoms with van der Waals surface area (Å²) in [6, 6.07) is 7.19. The number of carbonyl (C=O) groups is 1. The fraction of sp³-hybridized carbons (Fsp3) is 0.417. The maximum atomic E-state index is 11.4. The third kappa shape index (κ3) is 3.92. The predicted molar refractivity (Wildman–Crippen MR) is 61.9 cm³/mol. The second-order valence-corrected chi connectivity index (χ2v) is 3.61. The Kier molecular flexibility index (Phi) is 5.19. The number of ketones is 1. The van der Waals surface area contributed by atoms with E-state index in [9.17, 15) is 4.79 Å². The van der Waals surface area contributed by atoms with E-state index in [1.165, 1.54) is 0 Å². The second kappa shape index (κ2) is 6.46. The SMILES string of the molecule is CCCOc1ccc(C(=O)CCCl)cc1. The molecule has 0 fully saturated rings. The van der Waals surface area contributed by atoms with Gasteiger partial charge in [-0.3, -0.25) is 4.79 Å². The summed E-state index contributed by atoms with van der Waals surface area (Å²) in [5.74, 6) is 1.25. The number of Topliss-reactive ketones (excluding diaryl/α,β-unsaturated/α-hetero) is 1. The molecule has 0 aromatic heterocycles. The van der Waals surface area contributed by atoms with E-state index in [2.05, 4.69) is 6.92 Å². The van der Waals surface area contributed by atoms with Crippen LogP contribution in [0.3, 0.4) is 0 Å². The first kappa shape index (κ1) is 12.1. The Hall–Kier alpha value is -1.02. The van der Waals surface area contributed by atoms with E-state index in [0.717, 1.165) is 12.2 Å². The van der Waals surface area contributed by atoms with Gasteiger partial charge in [0.05, 0.1) is 6.61 Å². The number of benzene rings is 1. The normalized spacial score (nSPS) is 10.0. The monoisotopic (exact) mass is 226 g/mol. The number of hydrogen-bond acceptors (Lipinski definition) is 2. The molecule has 0 unspecified atom stereocenters. The van der Waals surface area contributed by atoms with Crippen LogP contribution in [-0.4, -0.2) is 18.3 Å². The lowest BCUT2D eigenvalue weighted by Gasteiger charge is -2.04. The molecule has 0 saturated heterocycles. The molecule has 0 aliphatic rings. The zero-order chi connectivity index (χ0) is 11.1. The minimum absolute atomic E-state index is 0.0760. The van der Waals surface area contributed by atoms with Crippen LogP contribution in [0, 0.1) is 0 Å². The van der Waals surface area contributed by atoms with E-state index in [1.807, 2.05) is 12.1 Å². The molecule has 0 bridgehead atoms. The van der Waals surface area contributed by atoms with Crippen molar-refractivity contribution in [2.24, 2.45) is 0 Å². The van der Waals surface area contributed by atoms with Gasteiger partial charge in [0.25, 0.3) is 0 Å². The quantitative estimate of drug-likeness (QED) is 0.550.